The average Bonchev–Trinajstić information content (AvgIpc) is 3.50. The summed E-state index contributed by atoms with van der Waals surface area (Å²) in [5, 5.41) is 9.84. The molecular weight excluding hydrogens is 422 g/mol. The van der Waals surface area contributed by atoms with Crippen LogP contribution in [0, 0.1) is 22.2 Å². The van der Waals surface area contributed by atoms with Gasteiger partial charge in [0.25, 0.3) is 0 Å². The first-order chi connectivity index (χ1) is 15.5. The zero-order valence-corrected chi connectivity index (χ0v) is 18.5. The number of thioether (sulfide) groups is 1. The molecule has 1 amide bonds. The third kappa shape index (κ3) is 2.78. The van der Waals surface area contributed by atoms with Crippen molar-refractivity contribution in [3.05, 3.63) is 41.7 Å². The molecule has 1 spiro atoms. The van der Waals surface area contributed by atoms with Crippen LogP contribution in [-0.2, 0) is 9.59 Å². The smallest absolute Gasteiger partial charge is 0.243 e. The van der Waals surface area contributed by atoms with Gasteiger partial charge in [0.2, 0.25) is 5.91 Å². The molecule has 32 heavy (non-hydrogen) atoms. The Labute approximate surface area is 190 Å². The summed E-state index contributed by atoms with van der Waals surface area (Å²) >= 11 is 1.44. The molecule has 3 aliphatic heterocycles. The number of likely N-dealkylation sites (tertiary alicyclic amines) is 1. The van der Waals surface area contributed by atoms with E-state index in [0.29, 0.717) is 17.9 Å². The van der Waals surface area contributed by atoms with Gasteiger partial charge >= 0.3 is 0 Å². The molecule has 7 nitrogen and oxygen atoms in total. The molecular formula is C24H21N5O2S. The predicted molar refractivity (Wildman–Crippen MR) is 122 cm³/mol. The van der Waals surface area contributed by atoms with E-state index >= 15 is 0 Å². The lowest BCUT2D eigenvalue weighted by Gasteiger charge is -2.61. The van der Waals surface area contributed by atoms with E-state index in [1.54, 1.807) is 0 Å². The van der Waals surface area contributed by atoms with Crippen LogP contribution in [0.5, 0.6) is 0 Å². The minimum absolute atomic E-state index is 0.0282. The summed E-state index contributed by atoms with van der Waals surface area (Å²) in [6, 6.07) is 10.5. The minimum Gasteiger partial charge on any atom is -0.369 e. The molecule has 8 heteroatoms. The quantitative estimate of drug-likeness (QED) is 0.675. The molecule has 0 radical (unpaired) electrons. The van der Waals surface area contributed by atoms with E-state index in [9.17, 15) is 14.9 Å². The third-order valence-electron chi connectivity index (χ3n) is 7.11. The largest absolute Gasteiger partial charge is 0.369 e. The summed E-state index contributed by atoms with van der Waals surface area (Å²) < 4.78 is 0. The van der Waals surface area contributed by atoms with Crippen LogP contribution in [0.2, 0.25) is 0 Å². The second-order valence-corrected chi connectivity index (χ2v) is 10.4. The fraction of sp³-hybridized carbons (Fsp3) is 0.375. The molecule has 0 unspecified atom stereocenters. The number of amides is 1. The first kappa shape index (κ1) is 19.4. The van der Waals surface area contributed by atoms with Crippen molar-refractivity contribution in [1.29, 1.82) is 5.26 Å². The first-order valence-electron chi connectivity index (χ1n) is 10.7. The summed E-state index contributed by atoms with van der Waals surface area (Å²) in [6.45, 7) is 3.31. The van der Waals surface area contributed by atoms with Gasteiger partial charge < -0.3 is 14.7 Å². The fourth-order valence-corrected chi connectivity index (χ4v) is 6.02. The highest BCUT2D eigenvalue weighted by Crippen LogP contribution is 2.50. The molecule has 6 rings (SSSR count). The van der Waals surface area contributed by atoms with E-state index in [4.69, 9.17) is 0 Å². The predicted octanol–water partition coefficient (Wildman–Crippen LogP) is 2.92. The highest BCUT2D eigenvalue weighted by atomic mass is 32.2. The van der Waals surface area contributed by atoms with Gasteiger partial charge in [-0.1, -0.05) is 17.8 Å². The Bertz CT molecular complexity index is 1240. The van der Waals surface area contributed by atoms with Crippen LogP contribution in [0.25, 0.3) is 11.1 Å². The number of rotatable bonds is 3. The van der Waals surface area contributed by atoms with E-state index < -0.39 is 5.41 Å². The number of pyridine rings is 1. The summed E-state index contributed by atoms with van der Waals surface area (Å²) in [5.41, 5.74) is 3.63. The van der Waals surface area contributed by atoms with Gasteiger partial charge in [0.15, 0.2) is 11.0 Å². The number of nitrogens with zero attached hydrogens (tertiary/aromatic N) is 5. The van der Waals surface area contributed by atoms with Crippen LogP contribution in [-0.4, -0.2) is 55.0 Å². The highest BCUT2D eigenvalue weighted by Gasteiger charge is 2.59. The Morgan fingerprint density at radius 3 is 2.59 bits per heavy atom. The number of hydrogen-bond donors (Lipinski definition) is 0. The van der Waals surface area contributed by atoms with Gasteiger partial charge in [-0.15, -0.1) is 0 Å². The van der Waals surface area contributed by atoms with Crippen LogP contribution in [0.15, 0.2) is 46.6 Å². The second-order valence-electron chi connectivity index (χ2n) is 9.39. The van der Waals surface area contributed by atoms with E-state index in [-0.39, 0.29) is 11.3 Å². The number of anilines is 2. The van der Waals surface area contributed by atoms with Gasteiger partial charge in [-0.25, -0.2) is 4.79 Å². The molecule has 3 fully saturated rings. The highest BCUT2D eigenvalue weighted by molar-refractivity contribution is 8.04. The standard InChI is InChI=1S/C24H21N5O2S/c1-27-19-3-2-16(7-20(19)32-21(27)10-30)17-6-18(9-26-8-17)28-12-23(13-28)14-29(15-23)22(31)24(11-25)4-5-24/h2-3,6-9H,4-5,12-15H2,1H3. The lowest BCUT2D eigenvalue weighted by molar-refractivity contribution is -0.149. The lowest BCUT2D eigenvalue weighted by atomic mass is 9.72. The van der Waals surface area contributed by atoms with Gasteiger partial charge in [-0.05, 0) is 36.6 Å². The van der Waals surface area contributed by atoms with Crippen LogP contribution >= 0.6 is 11.8 Å². The molecule has 1 aliphatic carbocycles. The lowest BCUT2D eigenvalue weighted by Crippen LogP contribution is -2.73. The molecule has 1 saturated carbocycles. The van der Waals surface area contributed by atoms with Crippen molar-refractivity contribution in [3.8, 4) is 17.2 Å². The number of carbonyl (C=O) groups excluding carboxylic acids is 2. The summed E-state index contributed by atoms with van der Waals surface area (Å²) in [6.07, 6.45) is 5.17. The molecule has 0 bridgehead atoms. The molecule has 160 valence electrons. The minimum atomic E-state index is -0.714. The van der Waals surface area contributed by atoms with Crippen LogP contribution < -0.4 is 9.80 Å². The molecule has 4 heterocycles. The first-order valence-corrected chi connectivity index (χ1v) is 11.5. The van der Waals surface area contributed by atoms with Gasteiger partial charge in [0, 0.05) is 55.3 Å². The Hall–Kier alpha value is -3.27. The van der Waals surface area contributed by atoms with E-state index in [2.05, 4.69) is 34.2 Å². The monoisotopic (exact) mass is 443 g/mol. The Kier molecular flexibility index (Phi) is 4.01. The third-order valence-corrected chi connectivity index (χ3v) is 8.21. The topological polar surface area (TPSA) is 80.5 Å². The normalized spacial score (nSPS) is 21.4. The van der Waals surface area contributed by atoms with Gasteiger partial charge in [0.05, 0.1) is 23.6 Å². The van der Waals surface area contributed by atoms with Crippen molar-refractivity contribution in [2.75, 3.05) is 43.0 Å². The van der Waals surface area contributed by atoms with Gasteiger partial charge in [-0.3, -0.25) is 9.78 Å². The Morgan fingerprint density at radius 2 is 1.91 bits per heavy atom. The second kappa shape index (κ2) is 6.61. The SMILES string of the molecule is CN1C(=C=O)Sc2cc(-c3cncc(N4CC5(CN(C(=O)C6(C#N)CC6)C5)C4)c3)ccc21. The molecule has 1 aromatic heterocycles. The Balaban J connectivity index is 1.14. The number of fused-ring (bicyclic) bond motifs is 1. The molecule has 4 aliphatic rings. The molecule has 2 aromatic rings. The van der Waals surface area contributed by atoms with Crippen LogP contribution in [0.3, 0.4) is 0 Å². The zero-order chi connectivity index (χ0) is 22.1. The van der Waals surface area contributed by atoms with Crippen molar-refractivity contribution in [2.24, 2.45) is 10.8 Å². The number of benzene rings is 1. The van der Waals surface area contributed by atoms with E-state index in [1.165, 1.54) is 11.8 Å². The van der Waals surface area contributed by atoms with Crippen molar-refractivity contribution in [1.82, 2.24) is 9.88 Å². The Morgan fingerprint density at radius 1 is 1.12 bits per heavy atom. The molecule has 0 atom stereocenters. The summed E-state index contributed by atoms with van der Waals surface area (Å²) in [4.78, 5) is 35.2. The number of hydrogen-bond acceptors (Lipinski definition) is 7. The van der Waals surface area contributed by atoms with Crippen molar-refractivity contribution in [2.45, 2.75) is 17.7 Å². The van der Waals surface area contributed by atoms with Crippen molar-refractivity contribution in [3.63, 3.8) is 0 Å². The van der Waals surface area contributed by atoms with Crippen molar-refractivity contribution < 1.29 is 9.59 Å². The molecule has 0 N–H and O–H groups in total. The number of aromatic nitrogens is 1. The number of nitriles is 1. The van der Waals surface area contributed by atoms with Crippen molar-refractivity contribution >= 4 is 35.0 Å². The van der Waals surface area contributed by atoms with Crippen LogP contribution in [0.1, 0.15) is 12.8 Å². The van der Waals surface area contributed by atoms with E-state index in [1.807, 2.05) is 41.2 Å². The zero-order valence-electron chi connectivity index (χ0n) is 17.7. The summed E-state index contributed by atoms with van der Waals surface area (Å²) in [7, 11) is 1.88. The average molecular weight is 444 g/mol. The fourth-order valence-electron chi connectivity index (χ4n) is 5.04. The number of carbonyl (C=O) groups is 1. The van der Waals surface area contributed by atoms with Crippen LogP contribution in [0.4, 0.5) is 11.4 Å². The maximum Gasteiger partial charge on any atom is 0.243 e. The van der Waals surface area contributed by atoms with E-state index in [0.717, 1.165) is 53.6 Å². The molecule has 1 aromatic carbocycles. The summed E-state index contributed by atoms with van der Waals surface area (Å²) in [5.74, 6) is 2.03. The van der Waals surface area contributed by atoms with Gasteiger partial charge in [-0.2, -0.15) is 5.26 Å². The maximum atomic E-state index is 12.5. The maximum absolute atomic E-state index is 12.5. The van der Waals surface area contributed by atoms with Gasteiger partial charge in [0.1, 0.15) is 5.41 Å². The molecule has 2 saturated heterocycles.